The van der Waals surface area contributed by atoms with Gasteiger partial charge in [0.05, 0.1) is 13.2 Å². The van der Waals surface area contributed by atoms with Gasteiger partial charge in [0.15, 0.2) is 0 Å². The Morgan fingerprint density at radius 1 is 1.38 bits per heavy atom. The highest BCUT2D eigenvalue weighted by Crippen LogP contribution is 2.50. The quantitative estimate of drug-likeness (QED) is 0.404. The van der Waals surface area contributed by atoms with Gasteiger partial charge in [-0.3, -0.25) is 4.57 Å². The number of halogens is 1. The van der Waals surface area contributed by atoms with Gasteiger partial charge in [-0.2, -0.15) is 0 Å². The first-order valence-corrected chi connectivity index (χ1v) is 7.37. The van der Waals surface area contributed by atoms with E-state index >= 15 is 0 Å². The van der Waals surface area contributed by atoms with Crippen LogP contribution in [0.15, 0.2) is 0 Å². The molecule has 0 spiro atoms. The third-order valence-electron chi connectivity index (χ3n) is 1.45. The molecular weight excluding hydrogens is 254 g/mol. The summed E-state index contributed by atoms with van der Waals surface area (Å²) in [6.45, 7) is 4.52. The van der Waals surface area contributed by atoms with Crippen molar-refractivity contribution in [3.8, 4) is 0 Å². The van der Waals surface area contributed by atoms with Crippen LogP contribution < -0.4 is 0 Å². The third kappa shape index (κ3) is 5.89. The standard InChI is InChI=1S/C7H17BBrO3P/c1-3-11-13(10,12-4-2)6-7(8)5-9/h7H,3-6,8H2,1-2H3. The van der Waals surface area contributed by atoms with Gasteiger partial charge in [-0.25, -0.2) is 0 Å². The van der Waals surface area contributed by atoms with Gasteiger partial charge >= 0.3 is 7.60 Å². The molecule has 0 aliphatic heterocycles. The van der Waals surface area contributed by atoms with E-state index in [1.165, 1.54) is 0 Å². The second-order valence-corrected chi connectivity index (χ2v) is 5.64. The summed E-state index contributed by atoms with van der Waals surface area (Å²) in [6, 6.07) is 0. The lowest BCUT2D eigenvalue weighted by Crippen LogP contribution is -2.07. The average Bonchev–Trinajstić information content (AvgIpc) is 2.04. The van der Waals surface area contributed by atoms with Crippen LogP contribution in [0.3, 0.4) is 0 Å². The van der Waals surface area contributed by atoms with Crippen molar-refractivity contribution in [1.82, 2.24) is 0 Å². The third-order valence-corrected chi connectivity index (χ3v) is 4.93. The van der Waals surface area contributed by atoms with Crippen molar-refractivity contribution in [3.05, 3.63) is 0 Å². The van der Waals surface area contributed by atoms with Gasteiger partial charge in [0.2, 0.25) is 0 Å². The summed E-state index contributed by atoms with van der Waals surface area (Å²) in [4.78, 5) is 0. The van der Waals surface area contributed by atoms with Crippen molar-refractivity contribution in [2.24, 2.45) is 0 Å². The first-order valence-electron chi connectivity index (χ1n) is 4.52. The molecule has 6 heteroatoms. The van der Waals surface area contributed by atoms with Gasteiger partial charge in [-0.1, -0.05) is 15.9 Å². The summed E-state index contributed by atoms with van der Waals surface area (Å²) in [5, 5.41) is 0.817. The highest BCUT2D eigenvalue weighted by atomic mass is 79.9. The Balaban J connectivity index is 4.14. The zero-order chi connectivity index (χ0) is 10.3. The minimum absolute atomic E-state index is 0.309. The summed E-state index contributed by atoms with van der Waals surface area (Å²) < 4.78 is 22.2. The van der Waals surface area contributed by atoms with E-state index in [1.807, 2.05) is 21.7 Å². The van der Waals surface area contributed by atoms with Crippen molar-refractivity contribution in [2.75, 3.05) is 24.7 Å². The van der Waals surface area contributed by atoms with Gasteiger partial charge in [0.25, 0.3) is 0 Å². The number of alkyl halides is 1. The fourth-order valence-electron chi connectivity index (χ4n) is 0.967. The molecule has 0 saturated carbocycles. The number of hydrogen-bond acceptors (Lipinski definition) is 3. The normalized spacial score (nSPS) is 14.4. The van der Waals surface area contributed by atoms with Crippen molar-refractivity contribution >= 4 is 31.4 Å². The highest BCUT2D eigenvalue weighted by molar-refractivity contribution is 9.09. The number of rotatable bonds is 7. The van der Waals surface area contributed by atoms with E-state index in [-0.39, 0.29) is 0 Å². The van der Waals surface area contributed by atoms with Crippen LogP contribution >= 0.6 is 23.5 Å². The van der Waals surface area contributed by atoms with E-state index in [0.29, 0.717) is 25.2 Å². The maximum Gasteiger partial charge on any atom is 0.330 e. The zero-order valence-corrected chi connectivity index (χ0v) is 10.9. The van der Waals surface area contributed by atoms with E-state index in [4.69, 9.17) is 9.05 Å². The maximum atomic E-state index is 11.9. The monoisotopic (exact) mass is 270 g/mol. The van der Waals surface area contributed by atoms with Crippen molar-refractivity contribution in [1.29, 1.82) is 0 Å². The second kappa shape index (κ2) is 7.05. The molecule has 0 amide bonds. The smallest absolute Gasteiger partial charge is 0.309 e. The van der Waals surface area contributed by atoms with E-state index in [2.05, 4.69) is 15.9 Å². The largest absolute Gasteiger partial charge is 0.330 e. The highest BCUT2D eigenvalue weighted by Gasteiger charge is 2.25. The summed E-state index contributed by atoms with van der Waals surface area (Å²) in [6.07, 6.45) is 0.486. The summed E-state index contributed by atoms with van der Waals surface area (Å²) >= 11 is 3.34. The van der Waals surface area contributed by atoms with Crippen LogP contribution in [0.4, 0.5) is 0 Å². The van der Waals surface area contributed by atoms with Gasteiger partial charge in [0, 0.05) is 6.16 Å². The minimum Gasteiger partial charge on any atom is -0.309 e. The molecule has 13 heavy (non-hydrogen) atoms. The van der Waals surface area contributed by atoms with Crippen LogP contribution in [-0.4, -0.2) is 32.6 Å². The molecule has 0 N–H and O–H groups in total. The van der Waals surface area contributed by atoms with Crippen LogP contribution in [0.1, 0.15) is 13.8 Å². The second-order valence-electron chi connectivity index (χ2n) is 2.89. The van der Waals surface area contributed by atoms with Gasteiger partial charge in [-0.15, -0.1) is 0 Å². The van der Waals surface area contributed by atoms with Gasteiger partial charge in [0.1, 0.15) is 7.85 Å². The molecule has 0 aliphatic carbocycles. The Bertz CT molecular complexity index is 169. The van der Waals surface area contributed by atoms with E-state index in [1.54, 1.807) is 0 Å². The average molecular weight is 271 g/mol. The molecule has 0 aliphatic rings. The molecule has 0 fully saturated rings. The molecule has 78 valence electrons. The fourth-order valence-corrected chi connectivity index (χ4v) is 3.51. The van der Waals surface area contributed by atoms with Crippen molar-refractivity contribution in [2.45, 2.75) is 19.7 Å². The van der Waals surface area contributed by atoms with Crippen LogP contribution in [0, 0.1) is 0 Å². The Hall–Kier alpha value is 0.695. The molecular formula is C7H17BBrO3P. The van der Waals surface area contributed by atoms with Crippen LogP contribution in [0.2, 0.25) is 5.82 Å². The molecule has 0 bridgehead atoms. The molecule has 0 heterocycles. The van der Waals surface area contributed by atoms with Crippen molar-refractivity contribution in [3.63, 3.8) is 0 Å². The Labute approximate surface area is 89.6 Å². The summed E-state index contributed by atoms with van der Waals surface area (Å²) in [5.41, 5.74) is 0. The molecule has 1 unspecified atom stereocenters. The fraction of sp³-hybridized carbons (Fsp3) is 1.00. The Kier molecular flexibility index (Phi) is 7.43. The first kappa shape index (κ1) is 13.7. The molecule has 0 rings (SSSR count). The Morgan fingerprint density at radius 3 is 2.15 bits per heavy atom. The zero-order valence-electron chi connectivity index (χ0n) is 8.46. The lowest BCUT2D eigenvalue weighted by molar-refractivity contribution is 0.220. The Morgan fingerprint density at radius 2 is 1.85 bits per heavy atom. The van der Waals surface area contributed by atoms with Gasteiger partial charge < -0.3 is 9.05 Å². The molecule has 1 atom stereocenters. The lowest BCUT2D eigenvalue weighted by atomic mass is 9.92. The number of hydrogen-bond donors (Lipinski definition) is 0. The minimum atomic E-state index is -2.82. The van der Waals surface area contributed by atoms with Crippen LogP contribution in [0.5, 0.6) is 0 Å². The van der Waals surface area contributed by atoms with E-state index in [9.17, 15) is 4.57 Å². The summed E-state index contributed by atoms with van der Waals surface area (Å²) in [5.74, 6) is 0.309. The SMILES string of the molecule is BC(CBr)CP(=O)(OCC)OCC. The molecule has 0 aromatic carbocycles. The van der Waals surface area contributed by atoms with Crippen molar-refractivity contribution < 1.29 is 13.6 Å². The van der Waals surface area contributed by atoms with E-state index < -0.39 is 7.60 Å². The molecule has 0 radical (unpaired) electrons. The molecule has 3 nitrogen and oxygen atoms in total. The molecule has 0 aromatic rings. The van der Waals surface area contributed by atoms with Gasteiger partial charge in [-0.05, 0) is 25.0 Å². The maximum absolute atomic E-state index is 11.9. The summed E-state index contributed by atoms with van der Waals surface area (Å²) in [7, 11) is -0.809. The first-order chi connectivity index (χ1) is 6.08. The topological polar surface area (TPSA) is 35.5 Å². The van der Waals surface area contributed by atoms with Crippen LogP contribution in [-0.2, 0) is 13.6 Å². The predicted octanol–water partition coefficient (Wildman–Crippen LogP) is 2.07. The molecule has 0 saturated heterocycles. The van der Waals surface area contributed by atoms with E-state index in [0.717, 1.165) is 5.33 Å². The molecule has 0 aromatic heterocycles. The predicted molar refractivity (Wildman–Crippen MR) is 61.8 cm³/mol. The lowest BCUT2D eigenvalue weighted by Gasteiger charge is -2.19. The van der Waals surface area contributed by atoms with Crippen LogP contribution in [0.25, 0.3) is 0 Å².